The Labute approximate surface area is 399 Å². The Morgan fingerprint density at radius 3 is 2.30 bits per heavy atom. The molecule has 7 aromatic rings. The van der Waals surface area contributed by atoms with Crippen LogP contribution in [-0.4, -0.2) is 25.6 Å². The number of fused-ring (bicyclic) bond motifs is 10. The second kappa shape index (κ2) is 18.1. The number of benzene rings is 5. The zero-order chi connectivity index (χ0) is 45.4. The predicted octanol–water partition coefficient (Wildman–Crippen LogP) is 14.8. The van der Waals surface area contributed by atoms with Crippen LogP contribution >= 0.6 is 23.5 Å². The molecule has 4 atom stereocenters. The number of anilines is 2. The fourth-order valence-electron chi connectivity index (χ4n) is 10.0. The molecule has 8 heteroatoms. The minimum Gasteiger partial charge on any atom is -0.388 e. The van der Waals surface area contributed by atoms with E-state index in [0.29, 0.717) is 12.0 Å². The summed E-state index contributed by atoms with van der Waals surface area (Å²) in [6.07, 6.45) is 23.5. The largest absolute Gasteiger partial charge is 0.388 e. The standard InChI is InChI=1S/C59H45N5OS2/c1-2-3-14-39(37-60)33-34-66-44-18-13-17-42(25-28-44)64-52-23-11-8-20-48(52)56-54-36-50(47-19-7-10-22-51(47)62(54)41-15-5-4-6-16-41)58-57(59(56)64)49-21-9-12-24-53(49)63(58)43-26-29-45(30-27-43)67-46-31-32-55(65)40(35-46)38-61/h2-12,14-34,36,40,46,54-55,65H,13,35H2,1H3/b3-2-,34-33+,39-14+/t40?,46?,54?,55-/m0/s1. The van der Waals surface area contributed by atoms with E-state index >= 15 is 0 Å². The summed E-state index contributed by atoms with van der Waals surface area (Å²) in [5, 5.41) is 34.2. The fraction of sp³-hybridized carbons (Fsp3) is 0.119. The van der Waals surface area contributed by atoms with Gasteiger partial charge in [0, 0.05) is 70.8 Å². The van der Waals surface area contributed by atoms with Gasteiger partial charge >= 0.3 is 0 Å². The Morgan fingerprint density at radius 2 is 1.51 bits per heavy atom. The number of nitriles is 2. The van der Waals surface area contributed by atoms with Crippen molar-refractivity contribution in [2.45, 2.75) is 42.1 Å². The number of allylic oxidation sites excluding steroid dienone is 10. The molecular weight excluding hydrogens is 859 g/mol. The molecule has 0 spiro atoms. The van der Waals surface area contributed by atoms with E-state index in [0.717, 1.165) is 55.7 Å². The van der Waals surface area contributed by atoms with Gasteiger partial charge in [0.2, 0.25) is 0 Å². The molecule has 0 saturated carbocycles. The van der Waals surface area contributed by atoms with Crippen LogP contribution in [0.1, 0.15) is 42.6 Å². The van der Waals surface area contributed by atoms with Gasteiger partial charge in [0.1, 0.15) is 0 Å². The Balaban J connectivity index is 1.13. The molecule has 4 aliphatic rings. The lowest BCUT2D eigenvalue weighted by Crippen LogP contribution is -2.26. The summed E-state index contributed by atoms with van der Waals surface area (Å²) in [5.41, 5.74) is 14.4. The maximum atomic E-state index is 10.3. The average Bonchev–Trinajstić information content (AvgIpc) is 3.73. The van der Waals surface area contributed by atoms with Crippen LogP contribution in [0.3, 0.4) is 0 Å². The number of hydrogen-bond donors (Lipinski definition) is 1. The van der Waals surface area contributed by atoms with E-state index < -0.39 is 12.0 Å². The van der Waals surface area contributed by atoms with E-state index in [1.807, 2.05) is 42.7 Å². The van der Waals surface area contributed by atoms with Gasteiger partial charge in [-0.3, -0.25) is 0 Å². The predicted molar refractivity (Wildman–Crippen MR) is 279 cm³/mol. The Hall–Kier alpha value is -7.46. The number of aliphatic hydroxyl groups excluding tert-OH is 1. The van der Waals surface area contributed by atoms with Gasteiger partial charge in [-0.1, -0.05) is 121 Å². The van der Waals surface area contributed by atoms with E-state index in [4.69, 9.17) is 0 Å². The number of para-hydroxylation sites is 4. The van der Waals surface area contributed by atoms with Gasteiger partial charge in [-0.2, -0.15) is 10.5 Å². The normalized spacial score (nSPS) is 19.9. The van der Waals surface area contributed by atoms with Crippen LogP contribution in [0.15, 0.2) is 215 Å². The second-order valence-corrected chi connectivity index (χ2v) is 19.2. The van der Waals surface area contributed by atoms with Crippen LogP contribution in [-0.2, 0) is 0 Å². The smallest absolute Gasteiger partial charge is 0.0991 e. The zero-order valence-electron chi connectivity index (χ0n) is 36.8. The first kappa shape index (κ1) is 42.2. The van der Waals surface area contributed by atoms with E-state index in [-0.39, 0.29) is 11.3 Å². The van der Waals surface area contributed by atoms with Crippen molar-refractivity contribution in [2.24, 2.45) is 5.92 Å². The van der Waals surface area contributed by atoms with Crippen LogP contribution in [0.4, 0.5) is 11.4 Å². The van der Waals surface area contributed by atoms with Crippen molar-refractivity contribution in [3.05, 3.63) is 227 Å². The van der Waals surface area contributed by atoms with Gasteiger partial charge in [-0.05, 0) is 110 Å². The van der Waals surface area contributed by atoms with Crippen LogP contribution in [0.25, 0.3) is 50.0 Å². The van der Waals surface area contributed by atoms with Gasteiger partial charge in [0.25, 0.3) is 0 Å². The molecule has 2 aromatic heterocycles. The average molecular weight is 904 g/mol. The second-order valence-electron chi connectivity index (χ2n) is 16.9. The van der Waals surface area contributed by atoms with Crippen LogP contribution in [0.2, 0.25) is 0 Å². The summed E-state index contributed by atoms with van der Waals surface area (Å²) in [4.78, 5) is 4.75. The summed E-state index contributed by atoms with van der Waals surface area (Å²) < 4.78 is 4.98. The lowest BCUT2D eigenvalue weighted by atomic mass is 9.90. The van der Waals surface area contributed by atoms with E-state index in [1.54, 1.807) is 29.6 Å². The number of aliphatic hydroxyl groups is 1. The first-order chi connectivity index (χ1) is 33.0. The maximum absolute atomic E-state index is 10.3. The summed E-state index contributed by atoms with van der Waals surface area (Å²) in [7, 11) is 0. The summed E-state index contributed by atoms with van der Waals surface area (Å²) >= 11 is 3.35. The van der Waals surface area contributed by atoms with Crippen molar-refractivity contribution >= 4 is 68.0 Å². The van der Waals surface area contributed by atoms with Crippen LogP contribution < -0.4 is 4.90 Å². The molecule has 5 aromatic carbocycles. The van der Waals surface area contributed by atoms with E-state index in [2.05, 4.69) is 184 Å². The fourth-order valence-corrected chi connectivity index (χ4v) is 11.9. The van der Waals surface area contributed by atoms with E-state index in [1.165, 1.54) is 38.7 Å². The van der Waals surface area contributed by atoms with Crippen molar-refractivity contribution < 1.29 is 5.11 Å². The minimum absolute atomic E-state index is 0.103. The highest BCUT2D eigenvalue weighted by atomic mass is 32.2. The number of hydrogen-bond acceptors (Lipinski definition) is 6. The van der Waals surface area contributed by atoms with Crippen molar-refractivity contribution in [3.8, 4) is 29.1 Å². The van der Waals surface area contributed by atoms with Crippen LogP contribution in [0, 0.1) is 28.6 Å². The first-order valence-corrected chi connectivity index (χ1v) is 24.4. The molecule has 0 fully saturated rings. The lowest BCUT2D eigenvalue weighted by molar-refractivity contribution is 0.170. The molecule has 0 radical (unpaired) electrons. The highest BCUT2D eigenvalue weighted by molar-refractivity contribution is 8.06. The molecule has 2 aliphatic carbocycles. The Morgan fingerprint density at radius 1 is 0.761 bits per heavy atom. The number of rotatable bonds is 9. The molecule has 4 heterocycles. The Kier molecular flexibility index (Phi) is 11.4. The van der Waals surface area contributed by atoms with E-state index in [9.17, 15) is 15.6 Å². The van der Waals surface area contributed by atoms with Gasteiger partial charge in [-0.25, -0.2) is 0 Å². The molecular formula is C59H45N5OS2. The van der Waals surface area contributed by atoms with Gasteiger partial charge in [0.05, 0.1) is 58.2 Å². The quantitative estimate of drug-likeness (QED) is 0.0883. The first-order valence-electron chi connectivity index (χ1n) is 22.7. The van der Waals surface area contributed by atoms with Crippen molar-refractivity contribution in [1.82, 2.24) is 9.13 Å². The topological polar surface area (TPSA) is 80.9 Å². The highest BCUT2D eigenvalue weighted by Crippen LogP contribution is 2.57. The molecule has 0 saturated heterocycles. The molecule has 3 unspecified atom stereocenters. The van der Waals surface area contributed by atoms with Gasteiger partial charge in [-0.15, -0.1) is 11.8 Å². The van der Waals surface area contributed by atoms with Crippen LogP contribution in [0.5, 0.6) is 0 Å². The summed E-state index contributed by atoms with van der Waals surface area (Å²) in [5.74, 6) is -0.407. The molecule has 2 aliphatic heterocycles. The number of aromatic nitrogens is 2. The molecule has 67 heavy (non-hydrogen) atoms. The number of nitrogens with zero attached hydrogens (tertiary/aromatic N) is 5. The van der Waals surface area contributed by atoms with Crippen molar-refractivity contribution in [1.29, 1.82) is 10.5 Å². The van der Waals surface area contributed by atoms with Crippen molar-refractivity contribution in [3.63, 3.8) is 0 Å². The third-order valence-electron chi connectivity index (χ3n) is 13.0. The molecule has 2 bridgehead atoms. The molecule has 324 valence electrons. The van der Waals surface area contributed by atoms with Crippen molar-refractivity contribution in [2.75, 3.05) is 4.90 Å². The summed E-state index contributed by atoms with van der Waals surface area (Å²) in [6, 6.07) is 50.6. The summed E-state index contributed by atoms with van der Waals surface area (Å²) in [6.45, 7) is 1.94. The molecule has 0 amide bonds. The zero-order valence-corrected chi connectivity index (χ0v) is 38.4. The number of thioether (sulfide) groups is 2. The monoisotopic (exact) mass is 903 g/mol. The highest BCUT2D eigenvalue weighted by Gasteiger charge is 2.41. The third-order valence-corrected chi connectivity index (χ3v) is 15.1. The Bertz CT molecular complexity index is 3440. The molecule has 1 N–H and O–H groups in total. The molecule has 11 rings (SSSR count). The van der Waals surface area contributed by atoms with Gasteiger partial charge < -0.3 is 19.1 Å². The third kappa shape index (κ3) is 7.54. The lowest BCUT2D eigenvalue weighted by Gasteiger charge is -2.37. The van der Waals surface area contributed by atoms with Gasteiger partial charge in [0.15, 0.2) is 0 Å². The minimum atomic E-state index is -0.717. The maximum Gasteiger partial charge on any atom is 0.0991 e. The SMILES string of the molecule is C\C=C/C=C(C#N)\C=C\SC1=CCC=C(n2c3c(c4ccccc42)C2C=C(c4ccccc4N2c2ccccc2)c2c-3c3ccccc3n2-c2ccc(SC3C=C[C@H](O)C(C#N)C3)cc2)C=C1. The molecule has 6 nitrogen and oxygen atoms in total.